The van der Waals surface area contributed by atoms with E-state index in [0.717, 1.165) is 16.9 Å². The number of fused-ring (bicyclic) bond motifs is 1. The van der Waals surface area contributed by atoms with E-state index in [1.165, 1.54) is 0 Å². The Kier molecular flexibility index (Phi) is 4.57. The maximum atomic E-state index is 12.2. The predicted molar refractivity (Wildman–Crippen MR) is 84.5 cm³/mol. The molecule has 0 saturated carbocycles. The molecule has 3 rings (SSSR count). The summed E-state index contributed by atoms with van der Waals surface area (Å²) in [6.45, 7) is 1.11. The molecule has 2 amide bonds. The third-order valence-corrected chi connectivity index (χ3v) is 3.98. The number of carbonyl (C=O) groups is 2. The Balaban J connectivity index is 1.50. The molecule has 1 aromatic carbocycles. The van der Waals surface area contributed by atoms with Gasteiger partial charge in [-0.05, 0) is 18.6 Å². The molecule has 23 heavy (non-hydrogen) atoms. The molecule has 122 valence electrons. The number of morpholine rings is 1. The van der Waals surface area contributed by atoms with Gasteiger partial charge in [-0.25, -0.2) is 4.98 Å². The van der Waals surface area contributed by atoms with E-state index in [0.29, 0.717) is 32.4 Å². The van der Waals surface area contributed by atoms with E-state index in [4.69, 9.17) is 10.5 Å². The van der Waals surface area contributed by atoms with Gasteiger partial charge in [-0.1, -0.05) is 12.1 Å². The van der Waals surface area contributed by atoms with E-state index in [-0.39, 0.29) is 12.5 Å². The first-order valence-electron chi connectivity index (χ1n) is 7.76. The Morgan fingerprint density at radius 2 is 2.22 bits per heavy atom. The van der Waals surface area contributed by atoms with E-state index < -0.39 is 12.0 Å². The van der Waals surface area contributed by atoms with Crippen molar-refractivity contribution < 1.29 is 14.3 Å². The highest BCUT2D eigenvalue weighted by molar-refractivity contribution is 5.81. The Morgan fingerprint density at radius 3 is 3.00 bits per heavy atom. The van der Waals surface area contributed by atoms with Crippen LogP contribution in [0.25, 0.3) is 11.0 Å². The summed E-state index contributed by atoms with van der Waals surface area (Å²) >= 11 is 0. The van der Waals surface area contributed by atoms with Crippen molar-refractivity contribution in [1.82, 2.24) is 14.9 Å². The smallest absolute Gasteiger partial charge is 0.248 e. The van der Waals surface area contributed by atoms with Crippen LogP contribution in [-0.2, 0) is 20.7 Å². The first-order valence-corrected chi connectivity index (χ1v) is 7.76. The summed E-state index contributed by atoms with van der Waals surface area (Å²) in [6, 6.07) is 7.85. The molecule has 1 aromatic heterocycles. The van der Waals surface area contributed by atoms with Gasteiger partial charge in [-0.3, -0.25) is 9.59 Å². The second-order valence-corrected chi connectivity index (χ2v) is 5.66. The van der Waals surface area contributed by atoms with Crippen LogP contribution in [0.4, 0.5) is 0 Å². The van der Waals surface area contributed by atoms with Crippen LogP contribution in [0.3, 0.4) is 0 Å². The number of imidazole rings is 1. The van der Waals surface area contributed by atoms with E-state index >= 15 is 0 Å². The normalized spacial score (nSPS) is 18.3. The topological polar surface area (TPSA) is 101 Å². The number of primary amides is 1. The number of hydrogen-bond acceptors (Lipinski definition) is 4. The number of H-pyrrole nitrogens is 1. The van der Waals surface area contributed by atoms with Gasteiger partial charge in [0.05, 0.1) is 24.2 Å². The lowest BCUT2D eigenvalue weighted by Crippen LogP contribution is -2.50. The molecule has 7 heteroatoms. The Labute approximate surface area is 133 Å². The van der Waals surface area contributed by atoms with Crippen molar-refractivity contribution in [3.8, 4) is 0 Å². The van der Waals surface area contributed by atoms with Gasteiger partial charge in [0.15, 0.2) is 6.10 Å². The number of aryl methyl sites for hydroxylation is 1. The van der Waals surface area contributed by atoms with Gasteiger partial charge in [0.1, 0.15) is 5.82 Å². The molecule has 1 unspecified atom stereocenters. The first kappa shape index (κ1) is 15.5. The zero-order chi connectivity index (χ0) is 16.2. The van der Waals surface area contributed by atoms with Gasteiger partial charge < -0.3 is 20.4 Å². The van der Waals surface area contributed by atoms with Crippen molar-refractivity contribution in [3.05, 3.63) is 30.1 Å². The standard InChI is InChI=1S/C16H20N4O3/c17-16(22)13-10-20(8-9-23-13)15(21)7-3-6-14-18-11-4-1-2-5-12(11)19-14/h1-2,4-5,13H,3,6-10H2,(H2,17,22)(H,18,19). The monoisotopic (exact) mass is 316 g/mol. The van der Waals surface area contributed by atoms with Gasteiger partial charge in [-0.2, -0.15) is 0 Å². The molecule has 1 fully saturated rings. The average Bonchev–Trinajstić information content (AvgIpc) is 2.97. The lowest BCUT2D eigenvalue weighted by atomic mass is 10.2. The molecule has 2 aromatic rings. The third kappa shape index (κ3) is 3.68. The fraction of sp³-hybridized carbons (Fsp3) is 0.438. The summed E-state index contributed by atoms with van der Waals surface area (Å²) in [5.74, 6) is 0.386. The van der Waals surface area contributed by atoms with Crippen LogP contribution >= 0.6 is 0 Å². The minimum absolute atomic E-state index is 0.0238. The lowest BCUT2D eigenvalue weighted by molar-refractivity contribution is -0.145. The van der Waals surface area contributed by atoms with Gasteiger partial charge in [0.25, 0.3) is 0 Å². The largest absolute Gasteiger partial charge is 0.367 e. The van der Waals surface area contributed by atoms with Crippen LogP contribution in [0, 0.1) is 0 Å². The van der Waals surface area contributed by atoms with Crippen molar-refractivity contribution >= 4 is 22.8 Å². The quantitative estimate of drug-likeness (QED) is 0.843. The molecule has 0 radical (unpaired) electrons. The summed E-state index contributed by atoms with van der Waals surface area (Å²) in [5.41, 5.74) is 7.17. The summed E-state index contributed by atoms with van der Waals surface area (Å²) in [4.78, 5) is 32.8. The van der Waals surface area contributed by atoms with Crippen molar-refractivity contribution in [2.45, 2.75) is 25.4 Å². The van der Waals surface area contributed by atoms with Crippen LogP contribution in [0.15, 0.2) is 24.3 Å². The average molecular weight is 316 g/mol. The molecule has 2 heterocycles. The van der Waals surface area contributed by atoms with E-state index in [1.54, 1.807) is 4.90 Å². The van der Waals surface area contributed by atoms with Crippen molar-refractivity contribution in [3.63, 3.8) is 0 Å². The van der Waals surface area contributed by atoms with E-state index in [9.17, 15) is 9.59 Å². The number of aromatic amines is 1. The highest BCUT2D eigenvalue weighted by Gasteiger charge is 2.27. The molecule has 1 atom stereocenters. The number of nitrogens with zero attached hydrogens (tertiary/aromatic N) is 2. The Hall–Kier alpha value is -2.41. The van der Waals surface area contributed by atoms with Crippen LogP contribution in [-0.4, -0.2) is 52.5 Å². The predicted octanol–water partition coefficient (Wildman–Crippen LogP) is 0.598. The number of benzene rings is 1. The maximum absolute atomic E-state index is 12.2. The number of nitrogens with two attached hydrogens (primary N) is 1. The number of ether oxygens (including phenoxy) is 1. The van der Waals surface area contributed by atoms with Crippen LogP contribution in [0.1, 0.15) is 18.7 Å². The minimum atomic E-state index is -0.692. The number of nitrogens with one attached hydrogen (secondary N) is 1. The number of hydrogen-bond donors (Lipinski definition) is 2. The molecule has 0 aliphatic carbocycles. The molecule has 1 aliphatic rings. The zero-order valence-electron chi connectivity index (χ0n) is 12.8. The number of aromatic nitrogens is 2. The SMILES string of the molecule is NC(=O)C1CN(C(=O)CCCc2nc3ccccc3[nH]2)CCO1. The number of amides is 2. The molecule has 1 aliphatic heterocycles. The molecule has 0 bridgehead atoms. The van der Waals surface area contributed by atoms with Crippen molar-refractivity contribution in [1.29, 1.82) is 0 Å². The molecular weight excluding hydrogens is 296 g/mol. The second kappa shape index (κ2) is 6.78. The first-order chi connectivity index (χ1) is 11.1. The van der Waals surface area contributed by atoms with Crippen LogP contribution in [0.2, 0.25) is 0 Å². The van der Waals surface area contributed by atoms with Crippen LogP contribution < -0.4 is 5.73 Å². The number of carbonyl (C=O) groups excluding carboxylic acids is 2. The summed E-state index contributed by atoms with van der Waals surface area (Å²) in [5, 5.41) is 0. The van der Waals surface area contributed by atoms with Crippen molar-refractivity contribution in [2.75, 3.05) is 19.7 Å². The Bertz CT molecular complexity index is 679. The molecule has 1 saturated heterocycles. The van der Waals surface area contributed by atoms with Crippen LogP contribution in [0.5, 0.6) is 0 Å². The Morgan fingerprint density at radius 1 is 1.39 bits per heavy atom. The highest BCUT2D eigenvalue weighted by Crippen LogP contribution is 2.13. The molecule has 0 spiro atoms. The lowest BCUT2D eigenvalue weighted by Gasteiger charge is -2.31. The van der Waals surface area contributed by atoms with E-state index in [1.807, 2.05) is 24.3 Å². The summed E-state index contributed by atoms with van der Waals surface area (Å²) < 4.78 is 5.24. The fourth-order valence-electron chi connectivity index (χ4n) is 2.74. The minimum Gasteiger partial charge on any atom is -0.367 e. The molecule has 3 N–H and O–H groups in total. The van der Waals surface area contributed by atoms with Gasteiger partial charge >= 0.3 is 0 Å². The number of para-hydroxylation sites is 2. The zero-order valence-corrected chi connectivity index (χ0v) is 12.8. The van der Waals surface area contributed by atoms with Gasteiger partial charge in [0, 0.05) is 19.4 Å². The second-order valence-electron chi connectivity index (χ2n) is 5.66. The van der Waals surface area contributed by atoms with Gasteiger partial charge in [-0.15, -0.1) is 0 Å². The fourth-order valence-corrected chi connectivity index (χ4v) is 2.74. The summed E-state index contributed by atoms with van der Waals surface area (Å²) in [7, 11) is 0. The van der Waals surface area contributed by atoms with Crippen molar-refractivity contribution in [2.24, 2.45) is 5.73 Å². The molecule has 7 nitrogen and oxygen atoms in total. The number of rotatable bonds is 5. The third-order valence-electron chi connectivity index (χ3n) is 3.98. The maximum Gasteiger partial charge on any atom is 0.248 e. The summed E-state index contributed by atoms with van der Waals surface area (Å²) in [6.07, 6.45) is 1.15. The highest BCUT2D eigenvalue weighted by atomic mass is 16.5. The van der Waals surface area contributed by atoms with E-state index in [2.05, 4.69) is 9.97 Å². The molecular formula is C16H20N4O3. The van der Waals surface area contributed by atoms with Gasteiger partial charge in [0.2, 0.25) is 11.8 Å².